The molecule has 2 rings (SSSR count). The van der Waals surface area contributed by atoms with E-state index in [1.54, 1.807) is 12.1 Å². The summed E-state index contributed by atoms with van der Waals surface area (Å²) < 4.78 is 13.7. The molecule has 0 aromatic heterocycles. The first-order chi connectivity index (χ1) is 9.75. The number of rotatable bonds is 6. The lowest BCUT2D eigenvalue weighted by atomic mass is 10.1. The van der Waals surface area contributed by atoms with Crippen LogP contribution in [0.3, 0.4) is 0 Å². The van der Waals surface area contributed by atoms with E-state index in [2.05, 4.69) is 10.9 Å². The lowest BCUT2D eigenvalue weighted by molar-refractivity contribution is -0.125. The van der Waals surface area contributed by atoms with Gasteiger partial charge in [-0.1, -0.05) is 48.5 Å². The number of hydrazine groups is 1. The average molecular weight is 272 g/mol. The molecule has 0 spiro atoms. The van der Waals surface area contributed by atoms with Crippen LogP contribution >= 0.6 is 0 Å². The molecule has 0 aliphatic carbocycles. The number of amides is 1. The fraction of sp³-hybridized carbons (Fsp3) is 0.188. The molecule has 1 amide bonds. The quantitative estimate of drug-likeness (QED) is 0.793. The summed E-state index contributed by atoms with van der Waals surface area (Å²) in [5, 5.41) is 0. The number of benzene rings is 2. The van der Waals surface area contributed by atoms with Gasteiger partial charge in [-0.05, 0) is 30.5 Å². The smallest absolute Gasteiger partial charge is 0.272 e. The van der Waals surface area contributed by atoms with Crippen LogP contribution in [0.1, 0.15) is 12.0 Å². The molecule has 2 N–H and O–H groups in total. The molecule has 4 heteroatoms. The van der Waals surface area contributed by atoms with Gasteiger partial charge in [-0.2, -0.15) is 0 Å². The van der Waals surface area contributed by atoms with Crippen LogP contribution < -0.4 is 10.9 Å². The van der Waals surface area contributed by atoms with E-state index in [0.717, 1.165) is 11.3 Å². The molecule has 0 aliphatic rings. The lowest BCUT2D eigenvalue weighted by Crippen LogP contribution is -2.36. The zero-order valence-corrected chi connectivity index (χ0v) is 11.1. The molecular weight excluding hydrogens is 255 g/mol. The van der Waals surface area contributed by atoms with Crippen molar-refractivity contribution in [1.29, 1.82) is 0 Å². The summed E-state index contributed by atoms with van der Waals surface area (Å²) in [6.07, 6.45) is -0.806. The lowest BCUT2D eigenvalue weighted by Gasteiger charge is -2.11. The standard InChI is InChI=1S/C16H17FN2O/c17-15(12-11-13-7-3-1-4-8-13)16(20)19-18-14-9-5-2-6-10-14/h1-10,15,18H,11-12H2,(H,19,20)/t15-/m1/s1. The maximum absolute atomic E-state index is 13.7. The topological polar surface area (TPSA) is 41.1 Å². The summed E-state index contributed by atoms with van der Waals surface area (Å²) in [5.41, 5.74) is 6.80. The van der Waals surface area contributed by atoms with E-state index in [9.17, 15) is 9.18 Å². The van der Waals surface area contributed by atoms with E-state index >= 15 is 0 Å². The van der Waals surface area contributed by atoms with Gasteiger partial charge in [0.1, 0.15) is 0 Å². The molecule has 0 fully saturated rings. The highest BCUT2D eigenvalue weighted by atomic mass is 19.1. The Labute approximate surface area is 117 Å². The summed E-state index contributed by atoms with van der Waals surface area (Å²) in [7, 11) is 0. The second kappa shape index (κ2) is 7.28. The third-order valence-corrected chi connectivity index (χ3v) is 2.92. The molecule has 2 aromatic rings. The normalized spacial score (nSPS) is 11.7. The predicted octanol–water partition coefficient (Wildman–Crippen LogP) is 3.10. The summed E-state index contributed by atoms with van der Waals surface area (Å²) >= 11 is 0. The molecule has 1 atom stereocenters. The highest BCUT2D eigenvalue weighted by molar-refractivity contribution is 5.81. The third kappa shape index (κ3) is 4.39. The summed E-state index contributed by atoms with van der Waals surface area (Å²) in [6.45, 7) is 0. The number of nitrogens with one attached hydrogen (secondary N) is 2. The maximum Gasteiger partial charge on any atom is 0.272 e. The van der Waals surface area contributed by atoms with Crippen molar-refractivity contribution >= 4 is 11.6 Å². The highest BCUT2D eigenvalue weighted by Gasteiger charge is 2.16. The molecule has 104 valence electrons. The van der Waals surface area contributed by atoms with Crippen LogP contribution in [0.4, 0.5) is 10.1 Å². The van der Waals surface area contributed by atoms with E-state index in [-0.39, 0.29) is 6.42 Å². The number of carbonyl (C=O) groups excluding carboxylic acids is 1. The largest absolute Gasteiger partial charge is 0.299 e. The van der Waals surface area contributed by atoms with Gasteiger partial charge in [0.05, 0.1) is 5.69 Å². The molecule has 0 saturated heterocycles. The fourth-order valence-corrected chi connectivity index (χ4v) is 1.80. The first kappa shape index (κ1) is 14.1. The summed E-state index contributed by atoms with van der Waals surface area (Å²) in [6, 6.07) is 18.7. The molecule has 0 aliphatic heterocycles. The maximum atomic E-state index is 13.7. The second-order valence-electron chi connectivity index (χ2n) is 4.47. The van der Waals surface area contributed by atoms with Crippen molar-refractivity contribution in [3.8, 4) is 0 Å². The van der Waals surface area contributed by atoms with E-state index in [1.807, 2.05) is 48.5 Å². The van der Waals surface area contributed by atoms with Crippen LogP contribution in [0.25, 0.3) is 0 Å². The Kier molecular flexibility index (Phi) is 5.12. The van der Waals surface area contributed by atoms with E-state index < -0.39 is 12.1 Å². The number of hydrogen-bond acceptors (Lipinski definition) is 2. The monoisotopic (exact) mass is 272 g/mol. The Bertz CT molecular complexity index is 531. The van der Waals surface area contributed by atoms with Crippen molar-refractivity contribution in [2.24, 2.45) is 0 Å². The summed E-state index contributed by atoms with van der Waals surface area (Å²) in [5.74, 6) is -0.648. The average Bonchev–Trinajstić information content (AvgIpc) is 2.52. The van der Waals surface area contributed by atoms with Gasteiger partial charge in [0, 0.05) is 0 Å². The van der Waals surface area contributed by atoms with Crippen molar-refractivity contribution in [3.63, 3.8) is 0 Å². The Morgan fingerprint density at radius 2 is 1.60 bits per heavy atom. The number of alkyl halides is 1. The van der Waals surface area contributed by atoms with E-state index in [4.69, 9.17) is 0 Å². The number of anilines is 1. The molecule has 20 heavy (non-hydrogen) atoms. The van der Waals surface area contributed by atoms with Crippen LogP contribution in [0.5, 0.6) is 0 Å². The minimum Gasteiger partial charge on any atom is -0.299 e. The molecular formula is C16H17FN2O. The second-order valence-corrected chi connectivity index (χ2v) is 4.47. The van der Waals surface area contributed by atoms with Crippen molar-refractivity contribution < 1.29 is 9.18 Å². The molecule has 0 unspecified atom stereocenters. The van der Waals surface area contributed by atoms with Gasteiger partial charge < -0.3 is 0 Å². The zero-order valence-electron chi connectivity index (χ0n) is 11.1. The fourth-order valence-electron chi connectivity index (χ4n) is 1.80. The number of hydrogen-bond donors (Lipinski definition) is 2. The third-order valence-electron chi connectivity index (χ3n) is 2.92. The Hall–Kier alpha value is -2.36. The predicted molar refractivity (Wildman–Crippen MR) is 77.9 cm³/mol. The van der Waals surface area contributed by atoms with E-state index in [1.165, 1.54) is 0 Å². The number of carbonyl (C=O) groups is 1. The van der Waals surface area contributed by atoms with Gasteiger partial charge in [-0.25, -0.2) is 4.39 Å². The van der Waals surface area contributed by atoms with Gasteiger partial charge in [0.15, 0.2) is 6.17 Å². The molecule has 0 radical (unpaired) electrons. The molecule has 0 saturated carbocycles. The highest BCUT2D eigenvalue weighted by Crippen LogP contribution is 2.08. The van der Waals surface area contributed by atoms with Crippen molar-refractivity contribution in [2.45, 2.75) is 19.0 Å². The van der Waals surface area contributed by atoms with Gasteiger partial charge in [0.2, 0.25) is 0 Å². The van der Waals surface area contributed by atoms with Crippen LogP contribution in [0.2, 0.25) is 0 Å². The summed E-state index contributed by atoms with van der Waals surface area (Å²) in [4.78, 5) is 11.6. The first-order valence-electron chi connectivity index (χ1n) is 6.54. The molecule has 0 heterocycles. The van der Waals surface area contributed by atoms with Crippen LogP contribution in [0.15, 0.2) is 60.7 Å². The van der Waals surface area contributed by atoms with Gasteiger partial charge in [-0.15, -0.1) is 0 Å². The molecule has 0 bridgehead atoms. The van der Waals surface area contributed by atoms with Gasteiger partial charge in [-0.3, -0.25) is 15.6 Å². The Morgan fingerprint density at radius 3 is 2.25 bits per heavy atom. The number of para-hydroxylation sites is 1. The van der Waals surface area contributed by atoms with Crippen LogP contribution in [0, 0.1) is 0 Å². The number of halogens is 1. The van der Waals surface area contributed by atoms with Crippen LogP contribution in [-0.4, -0.2) is 12.1 Å². The zero-order chi connectivity index (χ0) is 14.2. The Balaban J connectivity index is 1.75. The van der Waals surface area contributed by atoms with Gasteiger partial charge >= 0.3 is 0 Å². The van der Waals surface area contributed by atoms with Gasteiger partial charge in [0.25, 0.3) is 5.91 Å². The molecule has 3 nitrogen and oxygen atoms in total. The van der Waals surface area contributed by atoms with E-state index in [0.29, 0.717) is 6.42 Å². The first-order valence-corrected chi connectivity index (χ1v) is 6.54. The van der Waals surface area contributed by atoms with Crippen molar-refractivity contribution in [1.82, 2.24) is 5.43 Å². The minimum absolute atomic E-state index is 0.173. The minimum atomic E-state index is -1.52. The van der Waals surface area contributed by atoms with Crippen molar-refractivity contribution in [3.05, 3.63) is 66.2 Å². The molecule has 2 aromatic carbocycles. The van der Waals surface area contributed by atoms with Crippen molar-refractivity contribution in [2.75, 3.05) is 5.43 Å². The Morgan fingerprint density at radius 1 is 1.00 bits per heavy atom. The SMILES string of the molecule is O=C(NNc1ccccc1)[C@H](F)CCc1ccccc1. The van der Waals surface area contributed by atoms with Crippen LogP contribution in [-0.2, 0) is 11.2 Å². The number of aryl methyl sites for hydroxylation is 1.